The Morgan fingerprint density at radius 1 is 1.22 bits per heavy atom. The van der Waals surface area contributed by atoms with Gasteiger partial charge in [0.25, 0.3) is 0 Å². The minimum Gasteiger partial charge on any atom is -0.310 e. The van der Waals surface area contributed by atoms with Crippen LogP contribution in [0.2, 0.25) is 0 Å². The molecule has 1 rings (SSSR count). The molecule has 102 valence electrons. The SMILES string of the molecule is CCCCC(CC)C(NCC)c1ccc(C)nc1. The van der Waals surface area contributed by atoms with E-state index >= 15 is 0 Å². The summed E-state index contributed by atoms with van der Waals surface area (Å²) in [6.07, 6.45) is 7.17. The van der Waals surface area contributed by atoms with Crippen LogP contribution in [0.4, 0.5) is 0 Å². The van der Waals surface area contributed by atoms with Crippen LogP contribution in [-0.2, 0) is 0 Å². The van der Waals surface area contributed by atoms with Gasteiger partial charge in [-0.1, -0.05) is 46.1 Å². The fourth-order valence-electron chi connectivity index (χ4n) is 2.51. The fourth-order valence-corrected chi connectivity index (χ4v) is 2.51. The number of pyridine rings is 1. The summed E-state index contributed by atoms with van der Waals surface area (Å²) in [4.78, 5) is 4.44. The molecule has 0 saturated heterocycles. The molecule has 1 aromatic heterocycles. The third-order valence-corrected chi connectivity index (χ3v) is 3.64. The van der Waals surface area contributed by atoms with Crippen molar-refractivity contribution in [2.24, 2.45) is 5.92 Å². The molecule has 1 N–H and O–H groups in total. The zero-order valence-corrected chi connectivity index (χ0v) is 12.4. The maximum Gasteiger partial charge on any atom is 0.0372 e. The molecule has 0 bridgehead atoms. The van der Waals surface area contributed by atoms with Gasteiger partial charge in [-0.3, -0.25) is 4.98 Å². The van der Waals surface area contributed by atoms with Crippen molar-refractivity contribution >= 4 is 0 Å². The van der Waals surface area contributed by atoms with Crippen molar-refractivity contribution in [2.45, 2.75) is 59.4 Å². The number of aromatic nitrogens is 1. The highest BCUT2D eigenvalue weighted by Gasteiger charge is 2.20. The van der Waals surface area contributed by atoms with Crippen molar-refractivity contribution in [2.75, 3.05) is 6.54 Å². The van der Waals surface area contributed by atoms with Gasteiger partial charge in [-0.05, 0) is 37.4 Å². The lowest BCUT2D eigenvalue weighted by atomic mass is 9.87. The van der Waals surface area contributed by atoms with Gasteiger partial charge in [0.2, 0.25) is 0 Å². The smallest absolute Gasteiger partial charge is 0.0372 e. The molecule has 0 aliphatic carbocycles. The molecular weight excluding hydrogens is 220 g/mol. The number of unbranched alkanes of at least 4 members (excludes halogenated alkanes) is 1. The summed E-state index contributed by atoms with van der Waals surface area (Å²) in [7, 11) is 0. The minimum atomic E-state index is 0.458. The van der Waals surface area contributed by atoms with Crippen LogP contribution in [0.15, 0.2) is 18.3 Å². The molecule has 2 atom stereocenters. The van der Waals surface area contributed by atoms with Gasteiger partial charge in [0.1, 0.15) is 0 Å². The summed E-state index contributed by atoms with van der Waals surface area (Å²) in [5.41, 5.74) is 2.43. The standard InChI is InChI=1S/C16H28N2/c1-5-8-9-14(6-2)16(17-7-3)15-11-10-13(4)18-12-15/h10-12,14,16-17H,5-9H2,1-4H3. The molecule has 0 spiro atoms. The van der Waals surface area contributed by atoms with Crippen molar-refractivity contribution in [3.8, 4) is 0 Å². The number of nitrogens with one attached hydrogen (secondary N) is 1. The summed E-state index contributed by atoms with van der Waals surface area (Å²) in [6, 6.07) is 4.80. The first-order chi connectivity index (χ1) is 8.72. The number of rotatable bonds is 8. The first-order valence-corrected chi connectivity index (χ1v) is 7.38. The molecule has 0 aromatic carbocycles. The summed E-state index contributed by atoms with van der Waals surface area (Å²) < 4.78 is 0. The highest BCUT2D eigenvalue weighted by atomic mass is 14.9. The van der Waals surface area contributed by atoms with E-state index in [4.69, 9.17) is 0 Å². The number of hydrogen-bond acceptors (Lipinski definition) is 2. The first kappa shape index (κ1) is 15.2. The highest BCUT2D eigenvalue weighted by molar-refractivity contribution is 5.18. The lowest BCUT2D eigenvalue weighted by Crippen LogP contribution is -2.28. The highest BCUT2D eigenvalue weighted by Crippen LogP contribution is 2.28. The fraction of sp³-hybridized carbons (Fsp3) is 0.688. The van der Waals surface area contributed by atoms with E-state index in [1.807, 2.05) is 13.1 Å². The molecule has 0 fully saturated rings. The van der Waals surface area contributed by atoms with Crippen LogP contribution in [0, 0.1) is 12.8 Å². The Kier molecular flexibility index (Phi) is 6.96. The molecule has 0 radical (unpaired) electrons. The van der Waals surface area contributed by atoms with Crippen LogP contribution in [0.25, 0.3) is 0 Å². The van der Waals surface area contributed by atoms with E-state index in [-0.39, 0.29) is 0 Å². The van der Waals surface area contributed by atoms with E-state index in [9.17, 15) is 0 Å². The van der Waals surface area contributed by atoms with Gasteiger partial charge >= 0.3 is 0 Å². The molecule has 2 unspecified atom stereocenters. The van der Waals surface area contributed by atoms with Crippen LogP contribution in [0.5, 0.6) is 0 Å². The van der Waals surface area contributed by atoms with Gasteiger partial charge in [-0.25, -0.2) is 0 Å². The van der Waals surface area contributed by atoms with Gasteiger partial charge in [-0.2, -0.15) is 0 Å². The van der Waals surface area contributed by atoms with E-state index in [0.29, 0.717) is 6.04 Å². The Hall–Kier alpha value is -0.890. The van der Waals surface area contributed by atoms with Crippen molar-refractivity contribution in [3.63, 3.8) is 0 Å². The second kappa shape index (κ2) is 8.25. The van der Waals surface area contributed by atoms with Crippen molar-refractivity contribution in [1.82, 2.24) is 10.3 Å². The second-order valence-corrected chi connectivity index (χ2v) is 5.08. The molecule has 18 heavy (non-hydrogen) atoms. The van der Waals surface area contributed by atoms with Gasteiger partial charge in [0.15, 0.2) is 0 Å². The quantitative estimate of drug-likeness (QED) is 0.743. The molecule has 0 saturated carbocycles. The third-order valence-electron chi connectivity index (χ3n) is 3.64. The summed E-state index contributed by atoms with van der Waals surface area (Å²) >= 11 is 0. The molecule has 1 aromatic rings. The van der Waals surface area contributed by atoms with Crippen molar-refractivity contribution < 1.29 is 0 Å². The summed E-state index contributed by atoms with van der Waals surface area (Å²) in [5.74, 6) is 0.717. The molecule has 2 heteroatoms. The molecule has 0 aliphatic heterocycles. The zero-order valence-electron chi connectivity index (χ0n) is 12.4. The largest absolute Gasteiger partial charge is 0.310 e. The Bertz CT molecular complexity index is 318. The average Bonchev–Trinajstić information content (AvgIpc) is 2.39. The Balaban J connectivity index is 2.81. The van der Waals surface area contributed by atoms with Crippen LogP contribution in [0.3, 0.4) is 0 Å². The summed E-state index contributed by atoms with van der Waals surface area (Å²) in [5, 5.41) is 3.64. The Labute approximate surface area is 112 Å². The number of nitrogens with zero attached hydrogens (tertiary/aromatic N) is 1. The van der Waals surface area contributed by atoms with Crippen LogP contribution in [0.1, 0.15) is 63.8 Å². The number of hydrogen-bond donors (Lipinski definition) is 1. The molecule has 0 amide bonds. The van der Waals surface area contributed by atoms with E-state index < -0.39 is 0 Å². The van der Waals surface area contributed by atoms with E-state index in [1.54, 1.807) is 0 Å². The van der Waals surface area contributed by atoms with Crippen LogP contribution in [-0.4, -0.2) is 11.5 Å². The van der Waals surface area contributed by atoms with Crippen molar-refractivity contribution in [3.05, 3.63) is 29.6 Å². The molecule has 2 nitrogen and oxygen atoms in total. The van der Waals surface area contributed by atoms with Gasteiger partial charge in [0.05, 0.1) is 0 Å². The van der Waals surface area contributed by atoms with Crippen molar-refractivity contribution in [1.29, 1.82) is 0 Å². The van der Waals surface area contributed by atoms with E-state index in [2.05, 4.69) is 43.2 Å². The maximum absolute atomic E-state index is 4.44. The van der Waals surface area contributed by atoms with Crippen LogP contribution >= 0.6 is 0 Å². The van der Waals surface area contributed by atoms with Crippen LogP contribution < -0.4 is 5.32 Å². The monoisotopic (exact) mass is 248 g/mol. The third kappa shape index (κ3) is 4.41. The predicted molar refractivity (Wildman–Crippen MR) is 78.7 cm³/mol. The lowest BCUT2D eigenvalue weighted by Gasteiger charge is -2.27. The Morgan fingerprint density at radius 3 is 2.50 bits per heavy atom. The molecule has 0 aliphatic rings. The molecular formula is C16H28N2. The van der Waals surface area contributed by atoms with Gasteiger partial charge in [0, 0.05) is 17.9 Å². The van der Waals surface area contributed by atoms with Gasteiger partial charge in [-0.15, -0.1) is 0 Å². The summed E-state index contributed by atoms with van der Waals surface area (Å²) in [6.45, 7) is 9.80. The zero-order chi connectivity index (χ0) is 13.4. The van der Waals surface area contributed by atoms with Gasteiger partial charge < -0.3 is 5.32 Å². The average molecular weight is 248 g/mol. The lowest BCUT2D eigenvalue weighted by molar-refractivity contribution is 0.327. The van der Waals surface area contributed by atoms with E-state index in [1.165, 1.54) is 31.2 Å². The minimum absolute atomic E-state index is 0.458. The number of aryl methyl sites for hydroxylation is 1. The van der Waals surface area contributed by atoms with E-state index in [0.717, 1.165) is 18.2 Å². The predicted octanol–water partition coefficient (Wildman–Crippen LogP) is 4.26. The second-order valence-electron chi connectivity index (χ2n) is 5.08. The molecule has 1 heterocycles. The normalized spacial score (nSPS) is 14.4. The first-order valence-electron chi connectivity index (χ1n) is 7.38. The maximum atomic E-state index is 4.44. The topological polar surface area (TPSA) is 24.9 Å². The Morgan fingerprint density at radius 2 is 2.00 bits per heavy atom.